The van der Waals surface area contributed by atoms with Crippen molar-refractivity contribution in [2.24, 2.45) is 40.9 Å². The van der Waals surface area contributed by atoms with Crippen LogP contribution in [0.1, 0.15) is 54.4 Å². The third-order valence-corrected chi connectivity index (χ3v) is 5.69. The minimum absolute atomic E-state index is 0.653. The monoisotopic (exact) mass is 208 g/mol. The molecule has 0 aromatic heterocycles. The van der Waals surface area contributed by atoms with Crippen molar-refractivity contribution >= 4 is 0 Å². The van der Waals surface area contributed by atoms with E-state index in [9.17, 15) is 0 Å². The Morgan fingerprint density at radius 2 is 1.53 bits per heavy atom. The molecule has 4 unspecified atom stereocenters. The minimum Gasteiger partial charge on any atom is -0.0625 e. The molecule has 2 bridgehead atoms. The highest BCUT2D eigenvalue weighted by Crippen LogP contribution is 2.65. The Morgan fingerprint density at radius 1 is 0.933 bits per heavy atom. The van der Waals surface area contributed by atoms with Crippen LogP contribution in [0.5, 0.6) is 0 Å². The van der Waals surface area contributed by atoms with Gasteiger partial charge in [-0.15, -0.1) is 0 Å². The maximum Gasteiger partial charge on any atom is -0.0294 e. The third kappa shape index (κ3) is 1.56. The summed E-state index contributed by atoms with van der Waals surface area (Å²) >= 11 is 0. The molecule has 4 atom stereocenters. The molecule has 0 radical (unpaired) electrons. The zero-order valence-electron chi connectivity index (χ0n) is 11.4. The zero-order chi connectivity index (χ0) is 11.4. The van der Waals surface area contributed by atoms with Crippen molar-refractivity contribution in [3.05, 3.63) is 0 Å². The fourth-order valence-electron chi connectivity index (χ4n) is 4.57. The van der Waals surface area contributed by atoms with Gasteiger partial charge in [0.1, 0.15) is 0 Å². The Morgan fingerprint density at radius 3 is 1.93 bits per heavy atom. The SMILES string of the molecule is CC(C)C1CC2CC(C1C(C)C)C2(C)C. The molecule has 0 heteroatoms. The number of hydrogen-bond acceptors (Lipinski definition) is 0. The molecule has 0 saturated heterocycles. The Labute approximate surface area is 95.8 Å². The van der Waals surface area contributed by atoms with E-state index in [1.54, 1.807) is 0 Å². The molecule has 0 N–H and O–H groups in total. The summed E-state index contributed by atoms with van der Waals surface area (Å²) in [6.07, 6.45) is 3.03. The molecular weight excluding hydrogens is 180 g/mol. The van der Waals surface area contributed by atoms with Crippen molar-refractivity contribution in [2.75, 3.05) is 0 Å². The highest BCUT2D eigenvalue weighted by atomic mass is 14.6. The molecule has 3 saturated carbocycles. The first kappa shape index (κ1) is 11.5. The molecule has 0 heterocycles. The molecule has 0 amide bonds. The Kier molecular flexibility index (Phi) is 2.68. The minimum atomic E-state index is 0.653. The number of fused-ring (bicyclic) bond motifs is 2. The van der Waals surface area contributed by atoms with Crippen LogP contribution in [-0.2, 0) is 0 Å². The van der Waals surface area contributed by atoms with E-state index in [1.165, 1.54) is 12.8 Å². The van der Waals surface area contributed by atoms with Gasteiger partial charge in [0.15, 0.2) is 0 Å². The smallest absolute Gasteiger partial charge is 0.0294 e. The molecule has 0 nitrogen and oxygen atoms in total. The summed E-state index contributed by atoms with van der Waals surface area (Å²) in [4.78, 5) is 0. The largest absolute Gasteiger partial charge is 0.0625 e. The summed E-state index contributed by atoms with van der Waals surface area (Å²) in [6.45, 7) is 14.8. The summed E-state index contributed by atoms with van der Waals surface area (Å²) in [5.41, 5.74) is 0.653. The van der Waals surface area contributed by atoms with Crippen molar-refractivity contribution in [3.8, 4) is 0 Å². The lowest BCUT2D eigenvalue weighted by Gasteiger charge is -2.64. The van der Waals surface area contributed by atoms with Crippen LogP contribution >= 0.6 is 0 Å². The maximum absolute atomic E-state index is 2.51. The summed E-state index contributed by atoms with van der Waals surface area (Å²) in [5.74, 6) is 5.81. The van der Waals surface area contributed by atoms with E-state index in [2.05, 4.69) is 41.5 Å². The van der Waals surface area contributed by atoms with Gasteiger partial charge in [0.05, 0.1) is 0 Å². The van der Waals surface area contributed by atoms with Crippen LogP contribution in [0.4, 0.5) is 0 Å². The number of rotatable bonds is 2. The third-order valence-electron chi connectivity index (χ3n) is 5.69. The van der Waals surface area contributed by atoms with Crippen molar-refractivity contribution in [2.45, 2.75) is 54.4 Å². The fourth-order valence-corrected chi connectivity index (χ4v) is 4.57. The van der Waals surface area contributed by atoms with Crippen LogP contribution in [-0.4, -0.2) is 0 Å². The van der Waals surface area contributed by atoms with Crippen LogP contribution in [0.15, 0.2) is 0 Å². The zero-order valence-corrected chi connectivity index (χ0v) is 11.4. The molecule has 0 aromatic carbocycles. The molecule has 88 valence electrons. The molecule has 3 aliphatic carbocycles. The van der Waals surface area contributed by atoms with E-state index in [0.29, 0.717) is 5.41 Å². The summed E-state index contributed by atoms with van der Waals surface area (Å²) in [7, 11) is 0. The topological polar surface area (TPSA) is 0 Å². The first-order valence-corrected chi connectivity index (χ1v) is 6.85. The Bertz CT molecular complexity index is 234. The van der Waals surface area contributed by atoms with Crippen molar-refractivity contribution in [1.29, 1.82) is 0 Å². The van der Waals surface area contributed by atoms with Gasteiger partial charge in [-0.05, 0) is 53.8 Å². The van der Waals surface area contributed by atoms with Gasteiger partial charge in [0.25, 0.3) is 0 Å². The summed E-state index contributed by atoms with van der Waals surface area (Å²) in [5, 5.41) is 0. The standard InChI is InChI=1S/C15H28/c1-9(2)12-7-11-8-13(15(11,5)6)14(12)10(3)4/h9-14H,7-8H2,1-6H3. The van der Waals surface area contributed by atoms with Gasteiger partial charge in [0.2, 0.25) is 0 Å². The predicted molar refractivity (Wildman–Crippen MR) is 66.7 cm³/mol. The second-order valence-electron chi connectivity index (χ2n) is 7.33. The molecule has 3 aliphatic rings. The second-order valence-corrected chi connectivity index (χ2v) is 7.33. The van der Waals surface area contributed by atoms with Crippen molar-refractivity contribution in [1.82, 2.24) is 0 Å². The highest BCUT2D eigenvalue weighted by molar-refractivity contribution is 5.06. The van der Waals surface area contributed by atoms with Gasteiger partial charge in [0, 0.05) is 0 Å². The second kappa shape index (κ2) is 3.50. The van der Waals surface area contributed by atoms with Gasteiger partial charge < -0.3 is 0 Å². The van der Waals surface area contributed by atoms with Gasteiger partial charge in [-0.3, -0.25) is 0 Å². The molecule has 15 heavy (non-hydrogen) atoms. The van der Waals surface area contributed by atoms with Crippen LogP contribution < -0.4 is 0 Å². The molecule has 3 fully saturated rings. The predicted octanol–water partition coefficient (Wildman–Crippen LogP) is 4.60. The Balaban J connectivity index is 2.20. The lowest BCUT2D eigenvalue weighted by atomic mass is 9.41. The Hall–Kier alpha value is 0. The summed E-state index contributed by atoms with van der Waals surface area (Å²) in [6, 6.07) is 0. The van der Waals surface area contributed by atoms with Crippen LogP contribution in [0.3, 0.4) is 0 Å². The lowest BCUT2D eigenvalue weighted by Crippen LogP contribution is -2.57. The van der Waals surface area contributed by atoms with E-state index in [1.807, 2.05) is 0 Å². The van der Waals surface area contributed by atoms with E-state index in [-0.39, 0.29) is 0 Å². The van der Waals surface area contributed by atoms with Gasteiger partial charge >= 0.3 is 0 Å². The fraction of sp³-hybridized carbons (Fsp3) is 1.00. The first-order valence-electron chi connectivity index (χ1n) is 6.85. The van der Waals surface area contributed by atoms with E-state index in [0.717, 1.165) is 35.5 Å². The van der Waals surface area contributed by atoms with E-state index in [4.69, 9.17) is 0 Å². The van der Waals surface area contributed by atoms with Crippen molar-refractivity contribution < 1.29 is 0 Å². The van der Waals surface area contributed by atoms with E-state index < -0.39 is 0 Å². The van der Waals surface area contributed by atoms with Crippen LogP contribution in [0.25, 0.3) is 0 Å². The molecule has 0 spiro atoms. The maximum atomic E-state index is 2.51. The molecular formula is C15H28. The first-order chi connectivity index (χ1) is 6.85. The van der Waals surface area contributed by atoms with Gasteiger partial charge in [-0.1, -0.05) is 41.5 Å². The molecule has 0 aliphatic heterocycles. The molecule has 0 aromatic rings. The van der Waals surface area contributed by atoms with Gasteiger partial charge in [-0.2, -0.15) is 0 Å². The van der Waals surface area contributed by atoms with Crippen LogP contribution in [0.2, 0.25) is 0 Å². The lowest BCUT2D eigenvalue weighted by molar-refractivity contribution is -0.156. The van der Waals surface area contributed by atoms with Crippen LogP contribution in [0, 0.1) is 40.9 Å². The quantitative estimate of drug-likeness (QED) is 0.622. The summed E-state index contributed by atoms with van der Waals surface area (Å²) < 4.78 is 0. The van der Waals surface area contributed by atoms with E-state index >= 15 is 0 Å². The average molecular weight is 208 g/mol. The van der Waals surface area contributed by atoms with Gasteiger partial charge in [-0.25, -0.2) is 0 Å². The molecule has 3 rings (SSSR count). The highest BCUT2D eigenvalue weighted by Gasteiger charge is 2.58. The normalized spacial score (nSPS) is 43.2. The number of hydrogen-bond donors (Lipinski definition) is 0. The average Bonchev–Trinajstić information content (AvgIpc) is 2.16. The van der Waals surface area contributed by atoms with Crippen molar-refractivity contribution in [3.63, 3.8) is 0 Å².